The second-order valence-electron chi connectivity index (χ2n) is 4.94. The van der Waals surface area contributed by atoms with Crippen LogP contribution in [-0.2, 0) is 16.4 Å². The molecule has 0 aliphatic rings. The third-order valence-corrected chi connectivity index (χ3v) is 5.07. The Labute approximate surface area is 124 Å². The lowest BCUT2D eigenvalue weighted by Crippen LogP contribution is -2.12. The van der Waals surface area contributed by atoms with Crippen molar-refractivity contribution < 1.29 is 8.42 Å². The van der Waals surface area contributed by atoms with Gasteiger partial charge in [0.15, 0.2) is 5.65 Å². The molecule has 5 heteroatoms. The van der Waals surface area contributed by atoms with E-state index in [1.807, 2.05) is 6.07 Å². The van der Waals surface area contributed by atoms with Crippen LogP contribution in [0, 0.1) is 0 Å². The average Bonchev–Trinajstić information content (AvgIpc) is 2.92. The van der Waals surface area contributed by atoms with E-state index in [1.165, 1.54) is 3.97 Å². The van der Waals surface area contributed by atoms with Gasteiger partial charge in [0, 0.05) is 17.8 Å². The number of hydrogen-bond acceptors (Lipinski definition) is 3. The van der Waals surface area contributed by atoms with Gasteiger partial charge in [-0.1, -0.05) is 31.5 Å². The van der Waals surface area contributed by atoms with Gasteiger partial charge >= 0.3 is 0 Å². The molecule has 0 atom stereocenters. The van der Waals surface area contributed by atoms with Crippen molar-refractivity contribution in [2.45, 2.75) is 24.7 Å². The van der Waals surface area contributed by atoms with Crippen LogP contribution < -0.4 is 0 Å². The maximum Gasteiger partial charge on any atom is 0.269 e. The van der Waals surface area contributed by atoms with Gasteiger partial charge in [0.25, 0.3) is 10.0 Å². The van der Waals surface area contributed by atoms with E-state index in [0.717, 1.165) is 23.8 Å². The Morgan fingerprint density at radius 2 is 1.90 bits per heavy atom. The maximum atomic E-state index is 12.6. The van der Waals surface area contributed by atoms with Gasteiger partial charge in [0.05, 0.1) is 4.90 Å². The number of aromatic nitrogens is 2. The molecule has 0 saturated carbocycles. The second kappa shape index (κ2) is 5.33. The highest BCUT2D eigenvalue weighted by Gasteiger charge is 2.19. The summed E-state index contributed by atoms with van der Waals surface area (Å²) in [6.45, 7) is 2.11. The maximum absolute atomic E-state index is 12.6. The van der Waals surface area contributed by atoms with Crippen LogP contribution in [0.25, 0.3) is 11.0 Å². The summed E-state index contributed by atoms with van der Waals surface area (Å²) >= 11 is 0. The zero-order valence-corrected chi connectivity index (χ0v) is 12.5. The van der Waals surface area contributed by atoms with Crippen molar-refractivity contribution in [1.29, 1.82) is 0 Å². The first-order valence-electron chi connectivity index (χ1n) is 6.89. The van der Waals surface area contributed by atoms with E-state index < -0.39 is 10.0 Å². The van der Waals surface area contributed by atoms with Gasteiger partial charge in [-0.15, -0.1) is 0 Å². The zero-order chi connectivity index (χ0) is 14.9. The molecule has 2 heterocycles. The van der Waals surface area contributed by atoms with Gasteiger partial charge in [-0.05, 0) is 36.2 Å². The third-order valence-electron chi connectivity index (χ3n) is 3.39. The summed E-state index contributed by atoms with van der Waals surface area (Å²) in [5.41, 5.74) is 1.60. The van der Waals surface area contributed by atoms with Crippen LogP contribution in [0.1, 0.15) is 18.9 Å². The summed E-state index contributed by atoms with van der Waals surface area (Å²) in [4.78, 5) is 4.60. The summed E-state index contributed by atoms with van der Waals surface area (Å²) < 4.78 is 26.5. The third kappa shape index (κ3) is 2.45. The molecule has 0 radical (unpaired) electrons. The Kier molecular flexibility index (Phi) is 3.51. The van der Waals surface area contributed by atoms with Crippen molar-refractivity contribution in [3.63, 3.8) is 0 Å². The minimum atomic E-state index is -3.59. The summed E-state index contributed by atoms with van der Waals surface area (Å²) in [6, 6.07) is 12.2. The highest BCUT2D eigenvalue weighted by molar-refractivity contribution is 7.90. The summed E-state index contributed by atoms with van der Waals surface area (Å²) in [5, 5.41) is 0.848. The molecule has 0 amide bonds. The molecule has 0 spiro atoms. The molecule has 0 aliphatic carbocycles. The van der Waals surface area contributed by atoms with Gasteiger partial charge in [0.2, 0.25) is 0 Å². The molecule has 0 unspecified atom stereocenters. The second-order valence-corrected chi connectivity index (χ2v) is 6.75. The summed E-state index contributed by atoms with van der Waals surface area (Å²) in [5.74, 6) is 0. The Hall–Kier alpha value is -2.14. The highest BCUT2D eigenvalue weighted by Crippen LogP contribution is 2.21. The summed E-state index contributed by atoms with van der Waals surface area (Å²) in [6.07, 6.45) is 5.30. The number of pyridine rings is 1. The van der Waals surface area contributed by atoms with Crippen LogP contribution in [0.2, 0.25) is 0 Å². The van der Waals surface area contributed by atoms with Crippen LogP contribution in [-0.4, -0.2) is 17.4 Å². The quantitative estimate of drug-likeness (QED) is 0.743. The predicted octanol–water partition coefficient (Wildman–Crippen LogP) is 3.23. The molecule has 4 nitrogen and oxygen atoms in total. The molecular formula is C16H16N2O2S. The molecule has 108 valence electrons. The molecule has 3 aromatic rings. The lowest BCUT2D eigenvalue weighted by molar-refractivity contribution is 0.589. The fourth-order valence-corrected chi connectivity index (χ4v) is 3.70. The molecule has 2 aromatic heterocycles. The fourth-order valence-electron chi connectivity index (χ4n) is 2.37. The van der Waals surface area contributed by atoms with E-state index in [4.69, 9.17) is 0 Å². The van der Waals surface area contributed by atoms with Crippen molar-refractivity contribution in [2.24, 2.45) is 0 Å². The van der Waals surface area contributed by atoms with Gasteiger partial charge < -0.3 is 0 Å². The van der Waals surface area contributed by atoms with Crippen LogP contribution in [0.4, 0.5) is 0 Å². The lowest BCUT2D eigenvalue weighted by atomic mass is 10.1. The number of benzene rings is 1. The van der Waals surface area contributed by atoms with Crippen molar-refractivity contribution in [3.05, 3.63) is 60.4 Å². The first-order valence-corrected chi connectivity index (χ1v) is 8.33. The van der Waals surface area contributed by atoms with Crippen LogP contribution in [0.5, 0.6) is 0 Å². The van der Waals surface area contributed by atoms with Gasteiger partial charge in [-0.3, -0.25) is 0 Å². The molecule has 1 aromatic carbocycles. The topological polar surface area (TPSA) is 52.0 Å². The Morgan fingerprint density at radius 1 is 1.14 bits per heavy atom. The zero-order valence-electron chi connectivity index (χ0n) is 11.7. The Balaban J connectivity index is 2.13. The minimum Gasteiger partial charge on any atom is -0.237 e. The first kappa shape index (κ1) is 13.8. The SMILES string of the molecule is CCCc1cnc2c(ccn2S(=O)(=O)c2ccccc2)c1. The molecule has 21 heavy (non-hydrogen) atoms. The van der Waals surface area contributed by atoms with Gasteiger partial charge in [-0.2, -0.15) is 0 Å². The summed E-state index contributed by atoms with van der Waals surface area (Å²) in [7, 11) is -3.59. The fraction of sp³-hybridized carbons (Fsp3) is 0.188. The van der Waals surface area contributed by atoms with Crippen LogP contribution >= 0.6 is 0 Å². The molecule has 3 rings (SSSR count). The minimum absolute atomic E-state index is 0.266. The van der Waals surface area contributed by atoms with Crippen molar-refractivity contribution in [2.75, 3.05) is 0 Å². The van der Waals surface area contributed by atoms with Crippen molar-refractivity contribution in [1.82, 2.24) is 8.96 Å². The monoisotopic (exact) mass is 300 g/mol. The van der Waals surface area contributed by atoms with E-state index in [2.05, 4.69) is 11.9 Å². The van der Waals surface area contributed by atoms with E-state index in [-0.39, 0.29) is 4.90 Å². The molecule has 0 fully saturated rings. The number of rotatable bonds is 4. The molecule has 0 saturated heterocycles. The smallest absolute Gasteiger partial charge is 0.237 e. The van der Waals surface area contributed by atoms with E-state index in [9.17, 15) is 8.42 Å². The van der Waals surface area contributed by atoms with Crippen molar-refractivity contribution >= 4 is 21.1 Å². The molecule has 0 bridgehead atoms. The average molecular weight is 300 g/mol. The number of fused-ring (bicyclic) bond motifs is 1. The van der Waals surface area contributed by atoms with E-state index in [0.29, 0.717) is 5.65 Å². The van der Waals surface area contributed by atoms with Gasteiger partial charge in [0.1, 0.15) is 0 Å². The number of hydrogen-bond donors (Lipinski definition) is 0. The van der Waals surface area contributed by atoms with Crippen LogP contribution in [0.3, 0.4) is 0 Å². The standard InChI is InChI=1S/C16H16N2O2S/c1-2-6-13-11-14-9-10-18(16(14)17-12-13)21(19,20)15-7-4-3-5-8-15/h3-5,7-12H,2,6H2,1H3. The highest BCUT2D eigenvalue weighted by atomic mass is 32.2. The first-order chi connectivity index (χ1) is 10.1. The lowest BCUT2D eigenvalue weighted by Gasteiger charge is -2.07. The Morgan fingerprint density at radius 3 is 2.62 bits per heavy atom. The van der Waals surface area contributed by atoms with Crippen molar-refractivity contribution in [3.8, 4) is 0 Å². The normalized spacial score (nSPS) is 11.9. The largest absolute Gasteiger partial charge is 0.269 e. The van der Waals surface area contributed by atoms with E-state index in [1.54, 1.807) is 48.8 Å². The molecule has 0 N–H and O–H groups in total. The predicted molar refractivity (Wildman–Crippen MR) is 82.8 cm³/mol. The number of aryl methyl sites for hydroxylation is 1. The van der Waals surface area contributed by atoms with Crippen LogP contribution in [0.15, 0.2) is 59.8 Å². The molecule has 0 aliphatic heterocycles. The number of nitrogens with zero attached hydrogens (tertiary/aromatic N) is 2. The Bertz CT molecular complexity index is 868. The van der Waals surface area contributed by atoms with E-state index >= 15 is 0 Å². The molecular weight excluding hydrogens is 284 g/mol. The van der Waals surface area contributed by atoms with Gasteiger partial charge in [-0.25, -0.2) is 17.4 Å².